The van der Waals surface area contributed by atoms with Gasteiger partial charge in [0, 0.05) is 13.1 Å². The van der Waals surface area contributed by atoms with Gasteiger partial charge in [0.1, 0.15) is 0 Å². The van der Waals surface area contributed by atoms with Gasteiger partial charge in [0.2, 0.25) is 0 Å². The quantitative estimate of drug-likeness (QED) is 0.837. The van der Waals surface area contributed by atoms with Gasteiger partial charge in [-0.1, -0.05) is 36.8 Å². The van der Waals surface area contributed by atoms with E-state index in [1.807, 2.05) is 35.3 Å². The first-order valence-corrected chi connectivity index (χ1v) is 6.60. The molecule has 1 aliphatic rings. The van der Waals surface area contributed by atoms with Crippen molar-refractivity contribution in [3.05, 3.63) is 35.9 Å². The van der Waals surface area contributed by atoms with Crippen LogP contribution in [-0.2, 0) is 11.2 Å². The predicted octanol–water partition coefficient (Wildman–Crippen LogP) is 1.07. The number of nitrogens with two attached hydrogens (primary N) is 1. The average molecular weight is 247 g/mol. The van der Waals surface area contributed by atoms with Gasteiger partial charge in [-0.25, -0.2) is 5.01 Å². The summed E-state index contributed by atoms with van der Waals surface area (Å²) in [6.45, 7) is 1.87. The summed E-state index contributed by atoms with van der Waals surface area (Å²) in [7, 11) is 0. The molecule has 0 aliphatic carbocycles. The molecule has 2 rings (SSSR count). The summed E-state index contributed by atoms with van der Waals surface area (Å²) in [5.41, 5.74) is 9.93. The van der Waals surface area contributed by atoms with E-state index >= 15 is 0 Å². The minimum absolute atomic E-state index is 0.0826. The van der Waals surface area contributed by atoms with E-state index in [-0.39, 0.29) is 5.91 Å². The molecule has 0 unspecified atom stereocenters. The monoisotopic (exact) mass is 247 g/mol. The summed E-state index contributed by atoms with van der Waals surface area (Å²) in [6.07, 6.45) is 4.13. The zero-order valence-electron chi connectivity index (χ0n) is 10.6. The molecular weight excluding hydrogens is 226 g/mol. The summed E-state index contributed by atoms with van der Waals surface area (Å²) in [6, 6.07) is 9.40. The lowest BCUT2D eigenvalue weighted by atomic mass is 10.1. The molecular formula is C14H21N3O. The number of hydrogen-bond acceptors (Lipinski definition) is 3. The maximum Gasteiger partial charge on any atom is 0.251 e. The normalized spacial score (nSPS) is 18.3. The number of piperidine rings is 1. The first-order chi connectivity index (χ1) is 8.75. The van der Waals surface area contributed by atoms with Crippen molar-refractivity contribution in [3.8, 4) is 0 Å². The van der Waals surface area contributed by atoms with E-state index in [1.165, 1.54) is 6.42 Å². The van der Waals surface area contributed by atoms with Crippen LogP contribution in [-0.4, -0.2) is 30.0 Å². The van der Waals surface area contributed by atoms with Gasteiger partial charge in [0.05, 0.1) is 6.04 Å². The third-order valence-electron chi connectivity index (χ3n) is 3.26. The molecule has 0 aromatic heterocycles. The number of hydrogen-bond donors (Lipinski definition) is 2. The van der Waals surface area contributed by atoms with Crippen LogP contribution in [0.1, 0.15) is 24.8 Å². The number of benzene rings is 1. The first kappa shape index (κ1) is 13.1. The van der Waals surface area contributed by atoms with Crippen molar-refractivity contribution < 1.29 is 4.79 Å². The Labute approximate surface area is 108 Å². The summed E-state index contributed by atoms with van der Waals surface area (Å²) >= 11 is 0. The van der Waals surface area contributed by atoms with Gasteiger partial charge in [-0.05, 0) is 24.8 Å². The molecule has 0 saturated carbocycles. The molecule has 1 amide bonds. The van der Waals surface area contributed by atoms with Gasteiger partial charge in [-0.2, -0.15) is 0 Å². The number of nitrogens with zero attached hydrogens (tertiary/aromatic N) is 1. The molecule has 1 aromatic carbocycles. The molecule has 3 N–H and O–H groups in total. The van der Waals surface area contributed by atoms with Crippen molar-refractivity contribution in [1.82, 2.24) is 10.4 Å². The van der Waals surface area contributed by atoms with Crippen molar-refractivity contribution in [1.29, 1.82) is 0 Å². The van der Waals surface area contributed by atoms with Crippen molar-refractivity contribution in [2.75, 3.05) is 13.1 Å². The van der Waals surface area contributed by atoms with Gasteiger partial charge in [-0.15, -0.1) is 0 Å². The Morgan fingerprint density at radius 2 is 1.89 bits per heavy atom. The Hall–Kier alpha value is -1.39. The second-order valence-electron chi connectivity index (χ2n) is 4.82. The SMILES string of the molecule is N[C@@H](Cc1ccccc1)C(=O)NN1CCCCC1. The van der Waals surface area contributed by atoms with E-state index in [4.69, 9.17) is 5.73 Å². The number of amides is 1. The van der Waals surface area contributed by atoms with Crippen LogP contribution in [0.2, 0.25) is 0 Å². The van der Waals surface area contributed by atoms with Crippen molar-refractivity contribution in [2.45, 2.75) is 31.7 Å². The Balaban J connectivity index is 1.81. The van der Waals surface area contributed by atoms with E-state index in [2.05, 4.69) is 5.43 Å². The van der Waals surface area contributed by atoms with Crippen LogP contribution in [0.4, 0.5) is 0 Å². The van der Waals surface area contributed by atoms with Gasteiger partial charge in [-0.3, -0.25) is 10.2 Å². The van der Waals surface area contributed by atoms with Gasteiger partial charge >= 0.3 is 0 Å². The highest BCUT2D eigenvalue weighted by Gasteiger charge is 2.18. The topological polar surface area (TPSA) is 58.4 Å². The van der Waals surface area contributed by atoms with Crippen LogP contribution < -0.4 is 11.2 Å². The highest BCUT2D eigenvalue weighted by Crippen LogP contribution is 2.06. The molecule has 1 atom stereocenters. The maximum absolute atomic E-state index is 11.9. The summed E-state index contributed by atoms with van der Waals surface area (Å²) in [5, 5.41) is 1.98. The molecule has 1 saturated heterocycles. The zero-order chi connectivity index (χ0) is 12.8. The molecule has 1 heterocycles. The molecule has 0 bridgehead atoms. The standard InChI is InChI=1S/C14H21N3O/c15-13(11-12-7-3-1-4-8-12)14(18)16-17-9-5-2-6-10-17/h1,3-4,7-8,13H,2,5-6,9-11,15H2,(H,16,18)/t13-/m0/s1. The van der Waals surface area contributed by atoms with Gasteiger partial charge in [0.15, 0.2) is 0 Å². The van der Waals surface area contributed by atoms with Crippen molar-refractivity contribution in [3.63, 3.8) is 0 Å². The van der Waals surface area contributed by atoms with E-state index < -0.39 is 6.04 Å². The second kappa shape index (κ2) is 6.52. The van der Waals surface area contributed by atoms with Crippen LogP contribution in [0, 0.1) is 0 Å². The van der Waals surface area contributed by atoms with E-state index in [9.17, 15) is 4.79 Å². The number of nitrogens with one attached hydrogen (secondary N) is 1. The number of carbonyl (C=O) groups is 1. The highest BCUT2D eigenvalue weighted by atomic mass is 16.2. The van der Waals surface area contributed by atoms with Gasteiger partial charge in [0.25, 0.3) is 5.91 Å². The molecule has 98 valence electrons. The molecule has 0 spiro atoms. The van der Waals surface area contributed by atoms with Crippen molar-refractivity contribution >= 4 is 5.91 Å². The highest BCUT2D eigenvalue weighted by molar-refractivity contribution is 5.81. The Morgan fingerprint density at radius 1 is 1.22 bits per heavy atom. The summed E-state index contributed by atoms with van der Waals surface area (Å²) in [4.78, 5) is 11.9. The molecule has 1 aromatic rings. The Kier molecular flexibility index (Phi) is 4.73. The fourth-order valence-corrected chi connectivity index (χ4v) is 2.21. The zero-order valence-corrected chi connectivity index (χ0v) is 10.6. The number of rotatable bonds is 4. The van der Waals surface area contributed by atoms with Crippen LogP contribution >= 0.6 is 0 Å². The average Bonchev–Trinajstić information content (AvgIpc) is 2.41. The number of carbonyl (C=O) groups excluding carboxylic acids is 1. The lowest BCUT2D eigenvalue weighted by molar-refractivity contribution is -0.127. The fraction of sp³-hybridized carbons (Fsp3) is 0.500. The van der Waals surface area contributed by atoms with Crippen LogP contribution in [0.25, 0.3) is 0 Å². The van der Waals surface area contributed by atoms with Gasteiger partial charge < -0.3 is 5.73 Å². The molecule has 4 heteroatoms. The van der Waals surface area contributed by atoms with E-state index in [0.29, 0.717) is 6.42 Å². The molecule has 1 fully saturated rings. The second-order valence-corrected chi connectivity index (χ2v) is 4.82. The van der Waals surface area contributed by atoms with E-state index in [0.717, 1.165) is 31.5 Å². The van der Waals surface area contributed by atoms with Crippen LogP contribution in [0.15, 0.2) is 30.3 Å². The molecule has 0 radical (unpaired) electrons. The maximum atomic E-state index is 11.9. The predicted molar refractivity (Wildman–Crippen MR) is 71.7 cm³/mol. The minimum Gasteiger partial charge on any atom is -0.320 e. The smallest absolute Gasteiger partial charge is 0.251 e. The molecule has 1 aliphatic heterocycles. The van der Waals surface area contributed by atoms with Crippen LogP contribution in [0.3, 0.4) is 0 Å². The summed E-state index contributed by atoms with van der Waals surface area (Å²) in [5.74, 6) is -0.0826. The third-order valence-corrected chi connectivity index (χ3v) is 3.26. The molecule has 4 nitrogen and oxygen atoms in total. The van der Waals surface area contributed by atoms with E-state index in [1.54, 1.807) is 0 Å². The number of hydrazine groups is 1. The Bertz CT molecular complexity index is 374. The van der Waals surface area contributed by atoms with Crippen molar-refractivity contribution in [2.24, 2.45) is 5.73 Å². The van der Waals surface area contributed by atoms with Crippen LogP contribution in [0.5, 0.6) is 0 Å². The lowest BCUT2D eigenvalue weighted by Crippen LogP contribution is -2.51. The minimum atomic E-state index is -0.477. The third kappa shape index (κ3) is 3.82. The fourth-order valence-electron chi connectivity index (χ4n) is 2.21. The lowest BCUT2D eigenvalue weighted by Gasteiger charge is -2.28. The largest absolute Gasteiger partial charge is 0.320 e. The Morgan fingerprint density at radius 3 is 2.56 bits per heavy atom. The summed E-state index contributed by atoms with van der Waals surface area (Å²) < 4.78 is 0. The molecule has 18 heavy (non-hydrogen) atoms. The first-order valence-electron chi connectivity index (χ1n) is 6.60.